The molecule has 3 heterocycles. The van der Waals surface area contributed by atoms with Crippen molar-refractivity contribution in [2.45, 2.75) is 19.4 Å². The second kappa shape index (κ2) is 8.70. The lowest BCUT2D eigenvalue weighted by Crippen LogP contribution is -2.41. The van der Waals surface area contributed by atoms with E-state index in [1.165, 1.54) is 6.26 Å². The van der Waals surface area contributed by atoms with Crippen LogP contribution >= 0.6 is 0 Å². The number of imidazole rings is 1. The zero-order valence-electron chi connectivity index (χ0n) is 17.6. The molecule has 1 unspecified atom stereocenters. The number of aromatic nitrogens is 2. The number of nitrogens with one attached hydrogen (secondary N) is 1. The molecule has 4 aromatic rings. The molecule has 2 aromatic carbocycles. The third kappa shape index (κ3) is 4.14. The van der Waals surface area contributed by atoms with Gasteiger partial charge in [0.05, 0.1) is 23.6 Å². The van der Waals surface area contributed by atoms with Gasteiger partial charge in [0.15, 0.2) is 5.76 Å². The molecule has 0 bridgehead atoms. The molecular formula is C25H24N4O3. The fraction of sp³-hybridized carbons (Fsp3) is 0.240. The van der Waals surface area contributed by atoms with Gasteiger partial charge in [-0.25, -0.2) is 4.98 Å². The lowest BCUT2D eigenvalue weighted by molar-refractivity contribution is 0.0663. The quantitative estimate of drug-likeness (QED) is 0.510. The number of nitrogens with zero attached hydrogens (tertiary/aromatic N) is 3. The second-order valence-corrected chi connectivity index (χ2v) is 8.16. The maximum Gasteiger partial charge on any atom is 0.291 e. The number of likely N-dealkylation sites (tertiary alicyclic amines) is 1. The Morgan fingerprint density at radius 1 is 1.09 bits per heavy atom. The molecule has 1 saturated heterocycles. The Balaban J connectivity index is 1.26. The topological polar surface area (TPSA) is 80.4 Å². The van der Waals surface area contributed by atoms with Crippen LogP contribution in [0.25, 0.3) is 11.0 Å². The average molecular weight is 428 g/mol. The number of rotatable bonds is 5. The van der Waals surface area contributed by atoms with Crippen molar-refractivity contribution in [1.82, 2.24) is 14.5 Å². The third-order valence-corrected chi connectivity index (χ3v) is 5.90. The number of piperidine rings is 1. The molecule has 1 aliphatic rings. The zero-order chi connectivity index (χ0) is 21.9. The minimum atomic E-state index is -0.342. The Kier molecular flexibility index (Phi) is 5.46. The van der Waals surface area contributed by atoms with Crippen molar-refractivity contribution >= 4 is 28.5 Å². The molecule has 1 N–H and O–H groups in total. The van der Waals surface area contributed by atoms with Crippen molar-refractivity contribution in [3.8, 4) is 0 Å². The lowest BCUT2D eigenvalue weighted by Gasteiger charge is -2.33. The van der Waals surface area contributed by atoms with Gasteiger partial charge in [-0.15, -0.1) is 0 Å². The van der Waals surface area contributed by atoms with E-state index < -0.39 is 0 Å². The molecular weight excluding hydrogens is 404 g/mol. The lowest BCUT2D eigenvalue weighted by atomic mass is 9.97. The highest BCUT2D eigenvalue weighted by Gasteiger charge is 2.25. The molecule has 1 fully saturated rings. The summed E-state index contributed by atoms with van der Waals surface area (Å²) in [5, 5.41) is 2.78. The normalized spacial score (nSPS) is 16.2. The van der Waals surface area contributed by atoms with Gasteiger partial charge >= 0.3 is 0 Å². The Hall–Kier alpha value is -3.87. The van der Waals surface area contributed by atoms with E-state index in [1.807, 2.05) is 29.4 Å². The number of hydrogen-bond acceptors (Lipinski definition) is 4. The molecule has 2 amide bonds. The number of hydrogen-bond donors (Lipinski definition) is 1. The smallest absolute Gasteiger partial charge is 0.291 e. The fourth-order valence-corrected chi connectivity index (χ4v) is 4.35. The van der Waals surface area contributed by atoms with E-state index in [0.717, 1.165) is 37.0 Å². The van der Waals surface area contributed by atoms with E-state index in [4.69, 9.17) is 4.42 Å². The van der Waals surface area contributed by atoms with E-state index >= 15 is 0 Å². The average Bonchev–Trinajstić information content (AvgIpc) is 3.50. The van der Waals surface area contributed by atoms with E-state index in [2.05, 4.69) is 20.9 Å². The molecule has 5 rings (SSSR count). The predicted octanol–water partition coefficient (Wildman–Crippen LogP) is 4.43. The minimum absolute atomic E-state index is 0.0145. The van der Waals surface area contributed by atoms with Crippen LogP contribution < -0.4 is 5.32 Å². The summed E-state index contributed by atoms with van der Waals surface area (Å²) in [6.07, 6.45) is 5.39. The number of furan rings is 1. The first kappa shape index (κ1) is 20.1. The first-order valence-corrected chi connectivity index (χ1v) is 10.8. The highest BCUT2D eigenvalue weighted by Crippen LogP contribution is 2.23. The van der Waals surface area contributed by atoms with E-state index in [-0.39, 0.29) is 17.6 Å². The van der Waals surface area contributed by atoms with Crippen LogP contribution in [-0.4, -0.2) is 39.4 Å². The van der Waals surface area contributed by atoms with E-state index in [0.29, 0.717) is 23.7 Å². The summed E-state index contributed by atoms with van der Waals surface area (Å²) in [5.41, 5.74) is 3.24. The van der Waals surface area contributed by atoms with Gasteiger partial charge in [-0.3, -0.25) is 9.59 Å². The van der Waals surface area contributed by atoms with Crippen molar-refractivity contribution in [3.63, 3.8) is 0 Å². The van der Waals surface area contributed by atoms with Gasteiger partial charge in [0.1, 0.15) is 0 Å². The molecule has 0 radical (unpaired) electrons. The number of amides is 2. The van der Waals surface area contributed by atoms with Crippen LogP contribution in [0.2, 0.25) is 0 Å². The number of para-hydroxylation sites is 2. The highest BCUT2D eigenvalue weighted by molar-refractivity contribution is 6.03. The SMILES string of the molecule is O=C(Nc1cccc(C(=O)N2CCCC(Cn3cnc4ccccc43)C2)c1)c1ccco1. The van der Waals surface area contributed by atoms with Crippen LogP contribution in [-0.2, 0) is 6.54 Å². The summed E-state index contributed by atoms with van der Waals surface area (Å²) >= 11 is 0. The Morgan fingerprint density at radius 2 is 2.00 bits per heavy atom. The highest BCUT2D eigenvalue weighted by atomic mass is 16.3. The summed E-state index contributed by atoms with van der Waals surface area (Å²) in [6, 6.07) is 18.4. The fourth-order valence-electron chi connectivity index (χ4n) is 4.35. The van der Waals surface area contributed by atoms with Crippen molar-refractivity contribution in [2.75, 3.05) is 18.4 Å². The monoisotopic (exact) mass is 428 g/mol. The van der Waals surface area contributed by atoms with Crippen molar-refractivity contribution < 1.29 is 14.0 Å². The van der Waals surface area contributed by atoms with Gasteiger partial charge < -0.3 is 19.2 Å². The molecule has 0 saturated carbocycles. The molecule has 7 heteroatoms. The number of benzene rings is 2. The molecule has 1 aliphatic heterocycles. The maximum absolute atomic E-state index is 13.2. The second-order valence-electron chi connectivity index (χ2n) is 8.16. The van der Waals surface area contributed by atoms with Crippen molar-refractivity contribution in [3.05, 3.63) is 84.6 Å². The summed E-state index contributed by atoms with van der Waals surface area (Å²) < 4.78 is 7.31. The Morgan fingerprint density at radius 3 is 2.88 bits per heavy atom. The molecule has 32 heavy (non-hydrogen) atoms. The Labute approximate surface area is 185 Å². The van der Waals surface area contributed by atoms with Gasteiger partial charge in [0.2, 0.25) is 0 Å². The summed E-state index contributed by atoms with van der Waals surface area (Å²) in [4.78, 5) is 31.8. The molecule has 0 aliphatic carbocycles. The van der Waals surface area contributed by atoms with Crippen LogP contribution in [0.5, 0.6) is 0 Å². The number of carbonyl (C=O) groups excluding carboxylic acids is 2. The number of fused-ring (bicyclic) bond motifs is 1. The molecule has 162 valence electrons. The first-order chi connectivity index (χ1) is 15.7. The summed E-state index contributed by atoms with van der Waals surface area (Å²) in [7, 11) is 0. The van der Waals surface area contributed by atoms with Crippen molar-refractivity contribution in [1.29, 1.82) is 0 Å². The van der Waals surface area contributed by atoms with Crippen LogP contribution in [0.3, 0.4) is 0 Å². The largest absolute Gasteiger partial charge is 0.459 e. The number of anilines is 1. The molecule has 1 atom stereocenters. The van der Waals surface area contributed by atoms with Crippen LogP contribution in [0, 0.1) is 5.92 Å². The number of carbonyl (C=O) groups is 2. The van der Waals surface area contributed by atoms with Gasteiger partial charge in [-0.2, -0.15) is 0 Å². The van der Waals surface area contributed by atoms with Crippen LogP contribution in [0.15, 0.2) is 77.7 Å². The maximum atomic E-state index is 13.2. The molecule has 7 nitrogen and oxygen atoms in total. The standard InChI is InChI=1S/C25H24N4O3/c30-24(23-11-5-13-32-23)27-20-8-3-7-19(14-20)25(31)28-12-4-6-18(15-28)16-29-17-26-21-9-1-2-10-22(21)29/h1-3,5,7-11,13-14,17-18H,4,6,12,15-16H2,(H,27,30). The van der Waals surface area contributed by atoms with Gasteiger partial charge in [-0.1, -0.05) is 18.2 Å². The van der Waals surface area contributed by atoms with Crippen LogP contribution in [0.4, 0.5) is 5.69 Å². The van der Waals surface area contributed by atoms with Gasteiger partial charge in [0, 0.05) is 30.9 Å². The summed E-state index contributed by atoms with van der Waals surface area (Å²) in [6.45, 7) is 2.28. The first-order valence-electron chi connectivity index (χ1n) is 10.8. The third-order valence-electron chi connectivity index (χ3n) is 5.90. The molecule has 0 spiro atoms. The Bertz CT molecular complexity index is 1250. The predicted molar refractivity (Wildman–Crippen MR) is 121 cm³/mol. The van der Waals surface area contributed by atoms with Crippen molar-refractivity contribution in [2.24, 2.45) is 5.92 Å². The van der Waals surface area contributed by atoms with Gasteiger partial charge in [-0.05, 0) is 61.2 Å². The van der Waals surface area contributed by atoms with E-state index in [9.17, 15) is 9.59 Å². The zero-order valence-corrected chi connectivity index (χ0v) is 17.6. The van der Waals surface area contributed by atoms with Gasteiger partial charge in [0.25, 0.3) is 11.8 Å². The molecule has 2 aromatic heterocycles. The summed E-state index contributed by atoms with van der Waals surface area (Å²) in [5.74, 6) is 0.240. The minimum Gasteiger partial charge on any atom is -0.459 e. The van der Waals surface area contributed by atoms with Crippen LogP contribution in [0.1, 0.15) is 33.8 Å². The van der Waals surface area contributed by atoms with E-state index in [1.54, 1.807) is 36.4 Å².